The maximum absolute atomic E-state index is 13.0. The summed E-state index contributed by atoms with van der Waals surface area (Å²) in [6.45, 7) is 8.06. The number of anilines is 1. The number of rotatable bonds is 7. The lowest BCUT2D eigenvalue weighted by molar-refractivity contribution is 0.135. The number of hydrogen-bond acceptors (Lipinski definition) is 3. The highest BCUT2D eigenvalue weighted by molar-refractivity contribution is 14.0. The molecule has 2 rings (SSSR count). The Hall–Kier alpha value is -1.09. The van der Waals surface area contributed by atoms with E-state index in [2.05, 4.69) is 27.0 Å². The first-order chi connectivity index (χ1) is 11.7. The summed E-state index contributed by atoms with van der Waals surface area (Å²) in [5.74, 6) is 0.732. The van der Waals surface area contributed by atoms with Gasteiger partial charge < -0.3 is 19.9 Å². The van der Waals surface area contributed by atoms with E-state index in [1.54, 1.807) is 0 Å². The van der Waals surface area contributed by atoms with Gasteiger partial charge in [0.1, 0.15) is 5.82 Å². The van der Waals surface area contributed by atoms with Crippen LogP contribution in [0, 0.1) is 5.82 Å². The van der Waals surface area contributed by atoms with Crippen LogP contribution < -0.4 is 10.2 Å². The van der Waals surface area contributed by atoms with Crippen LogP contribution in [0.25, 0.3) is 0 Å². The highest BCUT2D eigenvalue weighted by atomic mass is 127. The van der Waals surface area contributed by atoms with Gasteiger partial charge in [-0.15, -0.1) is 24.0 Å². The van der Waals surface area contributed by atoms with E-state index in [0.717, 1.165) is 63.8 Å². The SMILES string of the molecule is CCCCOCCNC(=NC)N1CCN(c2ccc(F)cc2)CC1.I. The average Bonchev–Trinajstić information content (AvgIpc) is 2.62. The molecule has 0 amide bonds. The van der Waals surface area contributed by atoms with Gasteiger partial charge in [0.05, 0.1) is 6.61 Å². The standard InChI is InChI=1S/C18H29FN4O.HI/c1-3-4-14-24-15-9-21-18(20-2)23-12-10-22(11-13-23)17-7-5-16(19)6-8-17;/h5-8H,3-4,9-15H2,1-2H3,(H,20,21);1H. The number of benzene rings is 1. The topological polar surface area (TPSA) is 40.1 Å². The van der Waals surface area contributed by atoms with Crippen molar-refractivity contribution in [3.63, 3.8) is 0 Å². The summed E-state index contributed by atoms with van der Waals surface area (Å²) in [7, 11) is 1.81. The first-order valence-electron chi connectivity index (χ1n) is 8.78. The van der Waals surface area contributed by atoms with Gasteiger partial charge in [0, 0.05) is 52.1 Å². The predicted molar refractivity (Wildman–Crippen MR) is 113 cm³/mol. The van der Waals surface area contributed by atoms with Gasteiger partial charge in [0.25, 0.3) is 0 Å². The molecule has 0 atom stereocenters. The van der Waals surface area contributed by atoms with Crippen molar-refractivity contribution in [1.82, 2.24) is 10.2 Å². The third-order valence-electron chi connectivity index (χ3n) is 4.15. The van der Waals surface area contributed by atoms with Crippen molar-refractivity contribution < 1.29 is 9.13 Å². The second kappa shape index (κ2) is 12.3. The van der Waals surface area contributed by atoms with Crippen LogP contribution >= 0.6 is 24.0 Å². The molecular weight excluding hydrogens is 434 g/mol. The Kier molecular flexibility index (Phi) is 10.8. The minimum atomic E-state index is -0.192. The Morgan fingerprint density at radius 1 is 1.16 bits per heavy atom. The number of halogens is 2. The van der Waals surface area contributed by atoms with Crippen molar-refractivity contribution in [3.8, 4) is 0 Å². The highest BCUT2D eigenvalue weighted by Gasteiger charge is 2.19. The number of aliphatic imine (C=N–C) groups is 1. The zero-order valence-corrected chi connectivity index (χ0v) is 17.5. The molecule has 1 heterocycles. The third-order valence-corrected chi connectivity index (χ3v) is 4.15. The summed E-state index contributed by atoms with van der Waals surface area (Å²) in [4.78, 5) is 8.89. The van der Waals surface area contributed by atoms with Crippen LogP contribution in [0.1, 0.15) is 19.8 Å². The maximum atomic E-state index is 13.0. The fourth-order valence-electron chi connectivity index (χ4n) is 2.74. The molecule has 1 N–H and O–H groups in total. The molecule has 1 saturated heterocycles. The Morgan fingerprint density at radius 3 is 2.44 bits per heavy atom. The third kappa shape index (κ3) is 7.35. The van der Waals surface area contributed by atoms with Crippen LogP contribution in [0.15, 0.2) is 29.3 Å². The molecule has 5 nitrogen and oxygen atoms in total. The molecule has 0 saturated carbocycles. The zero-order chi connectivity index (χ0) is 17.2. The molecule has 25 heavy (non-hydrogen) atoms. The van der Waals surface area contributed by atoms with Crippen molar-refractivity contribution in [2.75, 3.05) is 57.9 Å². The van der Waals surface area contributed by atoms with E-state index in [1.165, 1.54) is 12.1 Å². The van der Waals surface area contributed by atoms with Gasteiger partial charge in [-0.1, -0.05) is 13.3 Å². The molecule has 7 heteroatoms. The normalized spacial score (nSPS) is 15.1. The number of nitrogens with one attached hydrogen (secondary N) is 1. The molecule has 1 aromatic rings. The van der Waals surface area contributed by atoms with E-state index >= 15 is 0 Å². The summed E-state index contributed by atoms with van der Waals surface area (Å²) in [6, 6.07) is 6.71. The van der Waals surface area contributed by atoms with Gasteiger partial charge in [-0.05, 0) is 30.7 Å². The van der Waals surface area contributed by atoms with Crippen LogP contribution in [0.5, 0.6) is 0 Å². The van der Waals surface area contributed by atoms with Crippen molar-refractivity contribution >= 4 is 35.6 Å². The number of piperazine rings is 1. The maximum Gasteiger partial charge on any atom is 0.193 e. The molecule has 0 radical (unpaired) electrons. The molecule has 142 valence electrons. The number of hydrogen-bond donors (Lipinski definition) is 1. The fraction of sp³-hybridized carbons (Fsp3) is 0.611. The number of ether oxygens (including phenoxy) is 1. The number of guanidine groups is 1. The molecular formula is C18H30FIN4O. The molecule has 1 aliphatic rings. The van der Waals surface area contributed by atoms with Gasteiger partial charge in [-0.2, -0.15) is 0 Å². The van der Waals surface area contributed by atoms with Crippen molar-refractivity contribution in [2.45, 2.75) is 19.8 Å². The molecule has 1 aliphatic heterocycles. The largest absolute Gasteiger partial charge is 0.380 e. The van der Waals surface area contributed by atoms with E-state index < -0.39 is 0 Å². The minimum Gasteiger partial charge on any atom is -0.380 e. The number of unbranched alkanes of at least 4 members (excludes halogenated alkanes) is 1. The molecule has 0 bridgehead atoms. The van der Waals surface area contributed by atoms with E-state index in [9.17, 15) is 4.39 Å². The Balaban J connectivity index is 0.00000312. The lowest BCUT2D eigenvalue weighted by Gasteiger charge is -2.37. The van der Waals surface area contributed by atoms with Gasteiger partial charge >= 0.3 is 0 Å². The van der Waals surface area contributed by atoms with Crippen LogP contribution in [0.4, 0.5) is 10.1 Å². The summed E-state index contributed by atoms with van der Waals surface area (Å²) >= 11 is 0. The average molecular weight is 464 g/mol. The summed E-state index contributed by atoms with van der Waals surface area (Å²) in [6.07, 6.45) is 2.27. The second-order valence-electron chi connectivity index (χ2n) is 5.89. The summed E-state index contributed by atoms with van der Waals surface area (Å²) in [5.41, 5.74) is 1.07. The van der Waals surface area contributed by atoms with Crippen LogP contribution in [-0.4, -0.2) is 63.8 Å². The molecule has 0 aliphatic carbocycles. The van der Waals surface area contributed by atoms with Crippen LogP contribution in [0.2, 0.25) is 0 Å². The van der Waals surface area contributed by atoms with E-state index in [0.29, 0.717) is 6.61 Å². The molecule has 0 unspecified atom stereocenters. The Morgan fingerprint density at radius 2 is 1.84 bits per heavy atom. The molecule has 0 spiro atoms. The first kappa shape index (κ1) is 22.0. The van der Waals surface area contributed by atoms with Gasteiger partial charge in [0.15, 0.2) is 5.96 Å². The molecule has 1 fully saturated rings. The fourth-order valence-corrected chi connectivity index (χ4v) is 2.74. The summed E-state index contributed by atoms with van der Waals surface area (Å²) in [5, 5.41) is 3.36. The van der Waals surface area contributed by atoms with E-state index in [4.69, 9.17) is 4.74 Å². The van der Waals surface area contributed by atoms with Gasteiger partial charge in [0.2, 0.25) is 0 Å². The lowest BCUT2D eigenvalue weighted by atomic mass is 10.2. The smallest absolute Gasteiger partial charge is 0.193 e. The predicted octanol–water partition coefficient (Wildman–Crippen LogP) is 2.96. The molecule has 1 aromatic carbocycles. The van der Waals surface area contributed by atoms with Crippen LogP contribution in [-0.2, 0) is 4.74 Å². The van der Waals surface area contributed by atoms with Crippen molar-refractivity contribution in [1.29, 1.82) is 0 Å². The first-order valence-corrected chi connectivity index (χ1v) is 8.78. The Bertz CT molecular complexity index is 504. The van der Waals surface area contributed by atoms with E-state index in [1.807, 2.05) is 19.2 Å². The Labute approximate surface area is 167 Å². The van der Waals surface area contributed by atoms with Crippen molar-refractivity contribution in [2.24, 2.45) is 4.99 Å². The monoisotopic (exact) mass is 464 g/mol. The summed E-state index contributed by atoms with van der Waals surface area (Å²) < 4.78 is 18.6. The highest BCUT2D eigenvalue weighted by Crippen LogP contribution is 2.16. The van der Waals surface area contributed by atoms with Gasteiger partial charge in [-0.25, -0.2) is 4.39 Å². The minimum absolute atomic E-state index is 0. The molecule has 0 aromatic heterocycles. The van der Waals surface area contributed by atoms with Gasteiger partial charge in [-0.3, -0.25) is 4.99 Å². The number of nitrogens with zero attached hydrogens (tertiary/aromatic N) is 3. The van der Waals surface area contributed by atoms with Crippen molar-refractivity contribution in [3.05, 3.63) is 30.1 Å². The zero-order valence-electron chi connectivity index (χ0n) is 15.2. The second-order valence-corrected chi connectivity index (χ2v) is 5.89. The van der Waals surface area contributed by atoms with E-state index in [-0.39, 0.29) is 29.8 Å². The van der Waals surface area contributed by atoms with Crippen LogP contribution in [0.3, 0.4) is 0 Å². The lowest BCUT2D eigenvalue weighted by Crippen LogP contribution is -2.53. The quantitative estimate of drug-likeness (QED) is 0.292.